The summed E-state index contributed by atoms with van der Waals surface area (Å²) >= 11 is 0. The van der Waals surface area contributed by atoms with Gasteiger partial charge in [0.1, 0.15) is 13.2 Å². The Morgan fingerprint density at radius 3 is 0.800 bits per heavy atom. The largest absolute Gasteiger partial charge is 0.462 e. The molecule has 0 aliphatic heterocycles. The summed E-state index contributed by atoms with van der Waals surface area (Å²) in [5.74, 6) is -0.873. The monoisotopic (exact) mass is 981 g/mol. The minimum atomic E-state index is -0.773. The molecule has 6 nitrogen and oxygen atoms in total. The van der Waals surface area contributed by atoms with Crippen LogP contribution in [0.25, 0.3) is 0 Å². The van der Waals surface area contributed by atoms with Gasteiger partial charge >= 0.3 is 17.9 Å². The molecule has 0 aromatic rings. The van der Waals surface area contributed by atoms with Gasteiger partial charge in [0.2, 0.25) is 0 Å². The number of unbranched alkanes of at least 4 members (excludes halogenated alkanes) is 37. The topological polar surface area (TPSA) is 78.9 Å². The molecule has 0 rings (SSSR count). The number of hydrogen-bond donors (Lipinski definition) is 0. The molecule has 0 saturated heterocycles. The van der Waals surface area contributed by atoms with E-state index in [4.69, 9.17) is 14.2 Å². The van der Waals surface area contributed by atoms with Gasteiger partial charge in [0.05, 0.1) is 0 Å². The summed E-state index contributed by atoms with van der Waals surface area (Å²) in [4.78, 5) is 38.0. The van der Waals surface area contributed by atoms with Gasteiger partial charge in [0.15, 0.2) is 6.10 Å². The van der Waals surface area contributed by atoms with Crippen LogP contribution in [0, 0.1) is 0 Å². The molecule has 0 fully saturated rings. The van der Waals surface area contributed by atoms with Crippen LogP contribution in [-0.2, 0) is 28.6 Å². The molecule has 0 amide bonds. The summed E-state index contributed by atoms with van der Waals surface area (Å²) in [5.41, 5.74) is 0. The van der Waals surface area contributed by atoms with E-state index in [1.807, 2.05) is 0 Å². The maximum atomic E-state index is 12.8. The molecule has 70 heavy (non-hydrogen) atoms. The van der Waals surface area contributed by atoms with Gasteiger partial charge in [-0.25, -0.2) is 0 Å². The minimum Gasteiger partial charge on any atom is -0.462 e. The predicted octanol–water partition coefficient (Wildman–Crippen LogP) is 20.6. The van der Waals surface area contributed by atoms with Crippen LogP contribution in [0.2, 0.25) is 0 Å². The third-order valence-electron chi connectivity index (χ3n) is 13.6. The number of esters is 3. The van der Waals surface area contributed by atoms with E-state index in [2.05, 4.69) is 69.4 Å². The highest BCUT2D eigenvalue weighted by atomic mass is 16.6. The summed E-state index contributed by atoms with van der Waals surface area (Å²) < 4.78 is 16.8. The lowest BCUT2D eigenvalue weighted by Gasteiger charge is -2.18. The van der Waals surface area contributed by atoms with Crippen LogP contribution in [0.5, 0.6) is 0 Å². The van der Waals surface area contributed by atoms with Crippen LogP contribution in [0.1, 0.15) is 323 Å². The second-order valence-corrected chi connectivity index (χ2v) is 20.6. The molecule has 6 heteroatoms. The first-order valence-corrected chi connectivity index (χ1v) is 30.6. The predicted molar refractivity (Wildman–Crippen MR) is 302 cm³/mol. The zero-order chi connectivity index (χ0) is 50.7. The summed E-state index contributed by atoms with van der Waals surface area (Å²) in [7, 11) is 0. The zero-order valence-corrected chi connectivity index (χ0v) is 46.8. The van der Waals surface area contributed by atoms with Crippen LogP contribution < -0.4 is 0 Å². The van der Waals surface area contributed by atoms with Crippen molar-refractivity contribution in [2.45, 2.75) is 329 Å². The Hall–Kier alpha value is -2.63. The Balaban J connectivity index is 4.10. The normalized spacial score (nSPS) is 12.3. The fourth-order valence-corrected chi connectivity index (χ4v) is 8.92. The van der Waals surface area contributed by atoms with Crippen LogP contribution in [-0.4, -0.2) is 37.2 Å². The number of hydrogen-bond acceptors (Lipinski definition) is 6. The number of allylic oxidation sites excluding steroid dienone is 8. The second kappa shape index (κ2) is 58.9. The van der Waals surface area contributed by atoms with Gasteiger partial charge in [0.25, 0.3) is 0 Å². The van der Waals surface area contributed by atoms with Crippen molar-refractivity contribution in [3.05, 3.63) is 48.6 Å². The fraction of sp³-hybridized carbons (Fsp3) is 0.828. The summed E-state index contributed by atoms with van der Waals surface area (Å²) in [6.07, 6.45) is 72.8. The third-order valence-corrected chi connectivity index (χ3v) is 13.6. The van der Waals surface area contributed by atoms with E-state index in [1.165, 1.54) is 205 Å². The first kappa shape index (κ1) is 67.4. The van der Waals surface area contributed by atoms with E-state index in [0.717, 1.165) is 77.0 Å². The number of carbonyl (C=O) groups is 3. The maximum absolute atomic E-state index is 12.8. The highest BCUT2D eigenvalue weighted by Gasteiger charge is 2.19. The van der Waals surface area contributed by atoms with Gasteiger partial charge in [0, 0.05) is 19.3 Å². The highest BCUT2D eigenvalue weighted by Crippen LogP contribution is 2.16. The molecular weight excluding hydrogens is 865 g/mol. The van der Waals surface area contributed by atoms with Crippen LogP contribution in [0.3, 0.4) is 0 Å². The molecular formula is C64H116O6. The number of ether oxygens (including phenoxy) is 3. The quantitative estimate of drug-likeness (QED) is 0.0261. The number of rotatable bonds is 56. The Bertz CT molecular complexity index is 1220. The first-order valence-electron chi connectivity index (χ1n) is 30.6. The molecule has 1 atom stereocenters. The molecule has 1 unspecified atom stereocenters. The Kier molecular flexibility index (Phi) is 56.7. The van der Waals surface area contributed by atoms with Gasteiger partial charge in [-0.3, -0.25) is 14.4 Å². The average molecular weight is 982 g/mol. The van der Waals surface area contributed by atoms with Gasteiger partial charge in [-0.2, -0.15) is 0 Å². The van der Waals surface area contributed by atoms with Gasteiger partial charge in [-0.05, 0) is 83.5 Å². The van der Waals surface area contributed by atoms with Crippen molar-refractivity contribution < 1.29 is 28.6 Å². The molecule has 0 bridgehead atoms. The van der Waals surface area contributed by atoms with Crippen molar-refractivity contribution in [1.29, 1.82) is 0 Å². The SMILES string of the molecule is CCCCCC/C=C\C/C=C\CCCCCCCCCC(=O)OC(COC(=O)CCCCCCCCC)COC(=O)CCCCCCCCCCCCCCCCC/C=C\C/C=C\CCCCCCC. The molecule has 0 saturated carbocycles. The maximum Gasteiger partial charge on any atom is 0.306 e. The average Bonchev–Trinajstić information content (AvgIpc) is 3.36. The van der Waals surface area contributed by atoms with Crippen molar-refractivity contribution in [2.75, 3.05) is 13.2 Å². The summed E-state index contributed by atoms with van der Waals surface area (Å²) in [6.45, 7) is 6.60. The lowest BCUT2D eigenvalue weighted by atomic mass is 10.0. The van der Waals surface area contributed by atoms with Gasteiger partial charge < -0.3 is 14.2 Å². The zero-order valence-electron chi connectivity index (χ0n) is 46.8. The van der Waals surface area contributed by atoms with Crippen LogP contribution in [0.4, 0.5) is 0 Å². The first-order chi connectivity index (χ1) is 34.5. The van der Waals surface area contributed by atoms with E-state index in [-0.39, 0.29) is 31.1 Å². The van der Waals surface area contributed by atoms with E-state index < -0.39 is 6.10 Å². The molecule has 0 aromatic carbocycles. The van der Waals surface area contributed by atoms with Crippen LogP contribution in [0.15, 0.2) is 48.6 Å². The Labute approximate surface area is 435 Å². The van der Waals surface area contributed by atoms with Crippen LogP contribution >= 0.6 is 0 Å². The van der Waals surface area contributed by atoms with Gasteiger partial charge in [-0.1, -0.05) is 268 Å². The molecule has 0 aliphatic rings. The Morgan fingerprint density at radius 1 is 0.286 bits per heavy atom. The van der Waals surface area contributed by atoms with Crippen molar-refractivity contribution in [3.63, 3.8) is 0 Å². The Morgan fingerprint density at radius 2 is 0.514 bits per heavy atom. The molecule has 0 heterocycles. The molecule has 408 valence electrons. The van der Waals surface area contributed by atoms with Gasteiger partial charge in [-0.15, -0.1) is 0 Å². The summed E-state index contributed by atoms with van der Waals surface area (Å²) in [5, 5.41) is 0. The highest BCUT2D eigenvalue weighted by molar-refractivity contribution is 5.71. The second-order valence-electron chi connectivity index (χ2n) is 20.6. The molecule has 0 aromatic heterocycles. The molecule has 0 radical (unpaired) electrons. The lowest BCUT2D eigenvalue weighted by molar-refractivity contribution is -0.167. The summed E-state index contributed by atoms with van der Waals surface area (Å²) in [6, 6.07) is 0. The van der Waals surface area contributed by atoms with E-state index in [0.29, 0.717) is 19.3 Å². The van der Waals surface area contributed by atoms with E-state index >= 15 is 0 Å². The van der Waals surface area contributed by atoms with Crippen molar-refractivity contribution in [1.82, 2.24) is 0 Å². The molecule has 0 N–H and O–H groups in total. The van der Waals surface area contributed by atoms with E-state index in [1.54, 1.807) is 0 Å². The minimum absolute atomic E-state index is 0.0735. The van der Waals surface area contributed by atoms with Crippen molar-refractivity contribution in [2.24, 2.45) is 0 Å². The molecule has 0 spiro atoms. The molecule has 0 aliphatic carbocycles. The number of carbonyl (C=O) groups excluding carboxylic acids is 3. The third kappa shape index (κ3) is 56.3. The fourth-order valence-electron chi connectivity index (χ4n) is 8.92. The smallest absolute Gasteiger partial charge is 0.306 e. The van der Waals surface area contributed by atoms with Crippen molar-refractivity contribution >= 4 is 17.9 Å². The standard InChI is InChI=1S/C64H116O6/c1-4-7-10-13-16-18-20-22-24-26-28-29-30-31-32-33-34-35-36-38-39-41-43-45-48-51-54-57-63(66)69-60-61(59-68-62(65)56-53-50-47-15-12-9-6-3)70-64(67)58-55-52-49-46-44-42-40-37-27-25-23-21-19-17-14-11-8-5-2/h19-22,25-28,61H,4-18,23-24,29-60H2,1-3H3/b21-19-,22-20-,27-25-,28-26-. The van der Waals surface area contributed by atoms with Crippen molar-refractivity contribution in [3.8, 4) is 0 Å². The van der Waals surface area contributed by atoms with E-state index in [9.17, 15) is 14.4 Å². The lowest BCUT2D eigenvalue weighted by Crippen LogP contribution is -2.30.